The molecule has 0 saturated heterocycles. The van der Waals surface area contributed by atoms with E-state index in [4.69, 9.17) is 16.6 Å². The van der Waals surface area contributed by atoms with E-state index in [0.29, 0.717) is 18.1 Å². The number of carboxylic acids is 1. The lowest BCUT2D eigenvalue weighted by Crippen LogP contribution is -2.23. The van der Waals surface area contributed by atoms with Crippen LogP contribution < -0.4 is 11.5 Å². The van der Waals surface area contributed by atoms with Gasteiger partial charge in [-0.05, 0) is 0 Å². The third kappa shape index (κ3) is 6.59. The molecule has 0 aromatic rings. The predicted octanol–water partition coefficient (Wildman–Crippen LogP) is -0.624. The lowest BCUT2D eigenvalue weighted by molar-refractivity contribution is -0.135. The fourth-order valence-corrected chi connectivity index (χ4v) is 1.77. The number of nitrogens with two attached hydrogens (primary N) is 2. The van der Waals surface area contributed by atoms with Crippen molar-refractivity contribution in [2.75, 3.05) is 18.1 Å². The number of hydrogen-bond donors (Lipinski definition) is 4. The number of rotatable bonds is 6. The Bertz CT molecular complexity index is 194. The van der Waals surface area contributed by atoms with E-state index in [0.717, 1.165) is 0 Å². The van der Waals surface area contributed by atoms with Crippen molar-refractivity contribution < 1.29 is 9.90 Å². The highest BCUT2D eigenvalue weighted by Crippen LogP contribution is 2.12. The maximum absolute atomic E-state index is 10.5. The van der Waals surface area contributed by atoms with Crippen LogP contribution in [0.5, 0.6) is 0 Å². The average molecular weight is 223 g/mol. The van der Waals surface area contributed by atoms with Gasteiger partial charge in [-0.1, -0.05) is 0 Å². The highest BCUT2D eigenvalue weighted by atomic mass is 32.2. The van der Waals surface area contributed by atoms with E-state index in [1.807, 2.05) is 0 Å². The molecule has 0 spiro atoms. The second-order valence-electron chi connectivity index (χ2n) is 2.19. The van der Waals surface area contributed by atoms with Crippen LogP contribution in [0.15, 0.2) is 4.99 Å². The van der Waals surface area contributed by atoms with Gasteiger partial charge in [0.15, 0.2) is 5.96 Å². The molecule has 1 atom stereocenters. The molecule has 0 radical (unpaired) electrons. The molecule has 0 aliphatic carbocycles. The summed E-state index contributed by atoms with van der Waals surface area (Å²) in [5.41, 5.74) is 10.2. The molecule has 0 saturated carbocycles. The summed E-state index contributed by atoms with van der Waals surface area (Å²) >= 11 is 5.19. The van der Waals surface area contributed by atoms with Crippen LogP contribution in [0.3, 0.4) is 0 Å². The molecule has 0 aliphatic rings. The first-order valence-corrected chi connectivity index (χ1v) is 5.26. The number of guanidine groups is 1. The van der Waals surface area contributed by atoms with Gasteiger partial charge < -0.3 is 16.6 Å². The van der Waals surface area contributed by atoms with Crippen molar-refractivity contribution in [2.24, 2.45) is 16.5 Å². The molecule has 0 aromatic heterocycles. The quantitative estimate of drug-likeness (QED) is 0.208. The first-order chi connectivity index (χ1) is 6.07. The van der Waals surface area contributed by atoms with Crippen molar-refractivity contribution >= 4 is 36.3 Å². The minimum atomic E-state index is -0.857. The number of nitrogens with zero attached hydrogens (tertiary/aromatic N) is 1. The van der Waals surface area contributed by atoms with Crippen LogP contribution in [0.2, 0.25) is 0 Å². The molecular formula is C6H13N3O2S2. The molecule has 7 heteroatoms. The van der Waals surface area contributed by atoms with Crippen LogP contribution in [0.1, 0.15) is 0 Å². The molecule has 0 aliphatic heterocycles. The Morgan fingerprint density at radius 1 is 1.62 bits per heavy atom. The second kappa shape index (κ2) is 6.90. The fourth-order valence-electron chi connectivity index (χ4n) is 0.572. The van der Waals surface area contributed by atoms with Gasteiger partial charge in [-0.3, -0.25) is 9.79 Å². The van der Waals surface area contributed by atoms with E-state index < -0.39 is 11.2 Å². The number of hydrogen-bond acceptors (Lipinski definition) is 4. The Hall–Kier alpha value is -0.560. The molecule has 0 bridgehead atoms. The fraction of sp³-hybridized carbons (Fsp3) is 0.667. The zero-order chi connectivity index (χ0) is 10.3. The standard InChI is InChI=1S/C6H13N3O2S2/c7-6(8)9-1-2-13-4(3-12)5(10)11/h4,12H,1-3H2,(H,10,11)(H4,7,8,9)/t4-/m0/s1. The van der Waals surface area contributed by atoms with Crippen molar-refractivity contribution in [2.45, 2.75) is 5.25 Å². The van der Waals surface area contributed by atoms with E-state index in [1.165, 1.54) is 11.8 Å². The maximum atomic E-state index is 10.5. The summed E-state index contributed by atoms with van der Waals surface area (Å²) < 4.78 is 0. The first kappa shape index (κ1) is 12.4. The normalized spacial score (nSPS) is 12.1. The van der Waals surface area contributed by atoms with Crippen LogP contribution in [-0.2, 0) is 4.79 Å². The number of carboxylic acid groups (broad SMARTS) is 1. The Balaban J connectivity index is 3.62. The van der Waals surface area contributed by atoms with Gasteiger partial charge in [-0.2, -0.15) is 12.6 Å². The molecule has 0 rings (SSSR count). The van der Waals surface area contributed by atoms with Crippen LogP contribution >= 0.6 is 24.4 Å². The second-order valence-corrected chi connectivity index (χ2v) is 3.86. The summed E-state index contributed by atoms with van der Waals surface area (Å²) in [7, 11) is 0. The molecule has 0 unspecified atom stereocenters. The molecule has 13 heavy (non-hydrogen) atoms. The summed E-state index contributed by atoms with van der Waals surface area (Å²) in [6.07, 6.45) is 0. The summed E-state index contributed by atoms with van der Waals surface area (Å²) in [4.78, 5) is 14.2. The SMILES string of the molecule is NC(N)=NCCS[C@@H](CS)C(=O)O. The van der Waals surface area contributed by atoms with E-state index in [2.05, 4.69) is 17.6 Å². The topological polar surface area (TPSA) is 102 Å². The zero-order valence-electron chi connectivity index (χ0n) is 7.01. The maximum Gasteiger partial charge on any atom is 0.317 e. The van der Waals surface area contributed by atoms with Gasteiger partial charge in [-0.25, -0.2) is 0 Å². The van der Waals surface area contributed by atoms with E-state index in [9.17, 15) is 4.79 Å². The number of aliphatic imine (C=N–C) groups is 1. The third-order valence-electron chi connectivity index (χ3n) is 1.15. The van der Waals surface area contributed by atoms with Crippen LogP contribution in [0.4, 0.5) is 0 Å². The number of carbonyl (C=O) groups is 1. The molecule has 76 valence electrons. The molecule has 0 heterocycles. The summed E-state index contributed by atoms with van der Waals surface area (Å²) in [5, 5.41) is 8.14. The lowest BCUT2D eigenvalue weighted by Gasteiger charge is -2.06. The van der Waals surface area contributed by atoms with Crippen LogP contribution in [0, 0.1) is 0 Å². The van der Waals surface area contributed by atoms with Crippen molar-refractivity contribution in [3.63, 3.8) is 0 Å². The smallest absolute Gasteiger partial charge is 0.317 e. The number of thioether (sulfide) groups is 1. The summed E-state index contributed by atoms with van der Waals surface area (Å²) in [6, 6.07) is 0. The highest BCUT2D eigenvalue weighted by molar-refractivity contribution is 8.01. The predicted molar refractivity (Wildman–Crippen MR) is 58.4 cm³/mol. The van der Waals surface area contributed by atoms with Gasteiger partial charge >= 0.3 is 5.97 Å². The van der Waals surface area contributed by atoms with Crippen molar-refractivity contribution in [3.05, 3.63) is 0 Å². The largest absolute Gasteiger partial charge is 0.480 e. The van der Waals surface area contributed by atoms with Gasteiger partial charge in [0.2, 0.25) is 0 Å². The van der Waals surface area contributed by atoms with Gasteiger partial charge in [0.05, 0.1) is 6.54 Å². The Morgan fingerprint density at radius 2 is 2.23 bits per heavy atom. The molecule has 0 amide bonds. The van der Waals surface area contributed by atoms with Crippen molar-refractivity contribution in [3.8, 4) is 0 Å². The molecule has 0 fully saturated rings. The summed E-state index contributed by atoms with van der Waals surface area (Å²) in [5.74, 6) is 0.0556. The summed E-state index contributed by atoms with van der Waals surface area (Å²) in [6.45, 7) is 0.435. The molecular weight excluding hydrogens is 210 g/mol. The minimum absolute atomic E-state index is 0.0262. The minimum Gasteiger partial charge on any atom is -0.480 e. The molecule has 5 nitrogen and oxygen atoms in total. The Kier molecular flexibility index (Phi) is 6.61. The number of aliphatic carboxylic acids is 1. The van der Waals surface area contributed by atoms with Crippen LogP contribution in [-0.4, -0.2) is 40.3 Å². The Morgan fingerprint density at radius 3 is 2.62 bits per heavy atom. The van der Waals surface area contributed by atoms with Crippen molar-refractivity contribution in [1.82, 2.24) is 0 Å². The Labute approximate surface area is 86.4 Å². The van der Waals surface area contributed by atoms with E-state index >= 15 is 0 Å². The van der Waals surface area contributed by atoms with E-state index in [-0.39, 0.29) is 5.96 Å². The third-order valence-corrected chi connectivity index (χ3v) is 2.95. The monoisotopic (exact) mass is 223 g/mol. The van der Waals surface area contributed by atoms with Crippen molar-refractivity contribution in [1.29, 1.82) is 0 Å². The zero-order valence-corrected chi connectivity index (χ0v) is 8.72. The van der Waals surface area contributed by atoms with Gasteiger partial charge in [0.25, 0.3) is 0 Å². The van der Waals surface area contributed by atoms with Gasteiger partial charge in [0, 0.05) is 11.5 Å². The molecule has 0 aromatic carbocycles. The van der Waals surface area contributed by atoms with E-state index in [1.54, 1.807) is 0 Å². The van der Waals surface area contributed by atoms with Crippen LogP contribution in [0.25, 0.3) is 0 Å². The average Bonchev–Trinajstić information content (AvgIpc) is 2.03. The van der Waals surface area contributed by atoms with Gasteiger partial charge in [-0.15, -0.1) is 11.8 Å². The number of thiol groups is 1. The lowest BCUT2D eigenvalue weighted by atomic mass is 10.5. The molecule has 5 N–H and O–H groups in total. The van der Waals surface area contributed by atoms with Gasteiger partial charge in [0.1, 0.15) is 5.25 Å². The first-order valence-electron chi connectivity index (χ1n) is 3.58. The highest BCUT2D eigenvalue weighted by Gasteiger charge is 2.14.